The zero-order chi connectivity index (χ0) is 23.4. The van der Waals surface area contributed by atoms with E-state index in [0.717, 1.165) is 6.54 Å². The fraction of sp³-hybridized carbons (Fsp3) is 0.429. The normalized spacial score (nSPS) is 17.5. The molecule has 4 heteroatoms. The van der Waals surface area contributed by atoms with Crippen LogP contribution in [0.3, 0.4) is 0 Å². The van der Waals surface area contributed by atoms with Crippen molar-refractivity contribution in [3.05, 3.63) is 69.2 Å². The number of carbonyl (C=O) groups is 1. The van der Waals surface area contributed by atoms with Gasteiger partial charge in [-0.1, -0.05) is 19.9 Å². The summed E-state index contributed by atoms with van der Waals surface area (Å²) in [7, 11) is 4.16. The molecule has 0 bridgehead atoms. The molecule has 0 aromatic heterocycles. The lowest BCUT2D eigenvalue weighted by atomic mass is 9.71. The number of nitrogens with zero attached hydrogens (tertiary/aromatic N) is 2. The van der Waals surface area contributed by atoms with Crippen molar-refractivity contribution in [2.75, 3.05) is 25.5 Å². The quantitative estimate of drug-likeness (QED) is 0.733. The molecule has 0 saturated carbocycles. The number of rotatable bonds is 5. The highest BCUT2D eigenvalue weighted by molar-refractivity contribution is 5.72. The second-order valence-electron chi connectivity index (χ2n) is 10.5. The Morgan fingerprint density at radius 3 is 2.44 bits per heavy atom. The van der Waals surface area contributed by atoms with E-state index in [9.17, 15) is 4.79 Å². The van der Waals surface area contributed by atoms with Gasteiger partial charge in [0, 0.05) is 57.1 Å². The Labute approximate surface area is 191 Å². The first-order valence-corrected chi connectivity index (χ1v) is 11.5. The van der Waals surface area contributed by atoms with E-state index in [-0.39, 0.29) is 17.4 Å². The van der Waals surface area contributed by atoms with Gasteiger partial charge in [0.2, 0.25) is 5.36 Å². The Bertz CT molecular complexity index is 1260. The van der Waals surface area contributed by atoms with Gasteiger partial charge in [0.15, 0.2) is 5.54 Å². The second kappa shape index (κ2) is 7.61. The van der Waals surface area contributed by atoms with Gasteiger partial charge >= 0.3 is 5.97 Å². The summed E-state index contributed by atoms with van der Waals surface area (Å²) in [5.74, 6) is -0.735. The van der Waals surface area contributed by atoms with Crippen LogP contribution in [0.4, 0.5) is 5.69 Å². The molecule has 2 aliphatic rings. The van der Waals surface area contributed by atoms with Crippen LogP contribution in [0.2, 0.25) is 0 Å². The summed E-state index contributed by atoms with van der Waals surface area (Å²) in [5, 5.41) is 11.6. The summed E-state index contributed by atoms with van der Waals surface area (Å²) in [6.45, 7) is 12.0. The minimum absolute atomic E-state index is 0.133. The first-order chi connectivity index (χ1) is 14.9. The van der Waals surface area contributed by atoms with Gasteiger partial charge < -0.3 is 10.0 Å². The van der Waals surface area contributed by atoms with Crippen LogP contribution in [0.1, 0.15) is 69.7 Å². The fourth-order valence-electron chi connectivity index (χ4n) is 5.40. The van der Waals surface area contributed by atoms with Gasteiger partial charge in [-0.2, -0.15) is 0 Å². The molecule has 1 aliphatic carbocycles. The summed E-state index contributed by atoms with van der Waals surface area (Å²) in [6.07, 6.45) is 5.45. The molecule has 0 saturated heterocycles. The molecule has 4 nitrogen and oxygen atoms in total. The lowest BCUT2D eigenvalue weighted by molar-refractivity contribution is -0.137. The van der Waals surface area contributed by atoms with E-state index in [1.54, 1.807) is 0 Å². The van der Waals surface area contributed by atoms with E-state index in [4.69, 9.17) is 5.11 Å². The number of hydrogen-bond donors (Lipinski definition) is 1. The van der Waals surface area contributed by atoms with Gasteiger partial charge in [-0.15, -0.1) is 0 Å². The highest BCUT2D eigenvalue weighted by Gasteiger charge is 2.36. The van der Waals surface area contributed by atoms with Gasteiger partial charge in [-0.05, 0) is 64.8 Å². The Morgan fingerprint density at radius 1 is 1.06 bits per heavy atom. The summed E-state index contributed by atoms with van der Waals surface area (Å²) >= 11 is 0. The Balaban J connectivity index is 1.97. The van der Waals surface area contributed by atoms with E-state index >= 15 is 0 Å². The van der Waals surface area contributed by atoms with Gasteiger partial charge in [-0.3, -0.25) is 4.79 Å². The molecule has 1 aliphatic heterocycles. The lowest BCUT2D eigenvalue weighted by Crippen LogP contribution is -2.50. The molecular weight excluding hydrogens is 396 g/mol. The zero-order valence-corrected chi connectivity index (χ0v) is 20.4. The highest BCUT2D eigenvalue weighted by atomic mass is 16.4. The van der Waals surface area contributed by atoms with E-state index in [0.29, 0.717) is 6.42 Å². The van der Waals surface area contributed by atoms with Crippen molar-refractivity contribution in [3.8, 4) is 0 Å². The standard InChI is InChI=1S/C28H34N2O2/c1-18-17-27(2,3)30(12-8-9-26(31)32)25-16-24-20(14-22(18)25)13-19-10-11-21(29(6)7)15-23(19)28(24,4)5/h10-11,13-17H,8-9,12H2,1-7H3/p+1. The highest BCUT2D eigenvalue weighted by Crippen LogP contribution is 2.37. The van der Waals surface area contributed by atoms with Crippen LogP contribution in [0.15, 0.2) is 36.4 Å². The largest absolute Gasteiger partial charge is 0.481 e. The Morgan fingerprint density at radius 2 is 1.78 bits per heavy atom. The van der Waals surface area contributed by atoms with Gasteiger partial charge in [-0.25, -0.2) is 4.58 Å². The number of allylic oxidation sites excluding steroid dienone is 1. The molecule has 0 unspecified atom stereocenters. The lowest BCUT2D eigenvalue weighted by Gasteiger charge is -2.33. The topological polar surface area (TPSA) is 43.6 Å². The molecule has 0 radical (unpaired) electrons. The molecule has 1 heterocycles. The molecule has 4 rings (SSSR count). The maximum Gasteiger partial charge on any atom is 0.303 e. The maximum atomic E-state index is 11.1. The number of carboxylic acid groups (broad SMARTS) is 1. The van der Waals surface area contributed by atoms with Crippen LogP contribution in [-0.4, -0.2) is 37.3 Å². The third-order valence-electron chi connectivity index (χ3n) is 7.13. The van der Waals surface area contributed by atoms with Crippen LogP contribution in [0.25, 0.3) is 11.6 Å². The van der Waals surface area contributed by atoms with Gasteiger partial charge in [0.1, 0.15) is 6.54 Å². The monoisotopic (exact) mass is 431 g/mol. The van der Waals surface area contributed by atoms with Crippen LogP contribution in [0, 0.1) is 0 Å². The molecule has 168 valence electrons. The van der Waals surface area contributed by atoms with Crippen LogP contribution in [0.5, 0.6) is 0 Å². The number of fused-ring (bicyclic) bond motifs is 3. The number of carboxylic acids is 1. The van der Waals surface area contributed by atoms with Crippen molar-refractivity contribution in [3.63, 3.8) is 0 Å². The second-order valence-corrected chi connectivity index (χ2v) is 10.5. The number of aliphatic carboxylic acids is 1. The SMILES string of the molecule is CC1=CC(C)(C)[N+](CCCC(=O)O)=c2cc3c(cc21)=Cc1ccc(N(C)C)cc1C3(C)C. The van der Waals surface area contributed by atoms with Crippen molar-refractivity contribution in [1.29, 1.82) is 0 Å². The van der Waals surface area contributed by atoms with E-state index < -0.39 is 5.97 Å². The zero-order valence-electron chi connectivity index (χ0n) is 20.4. The Kier molecular flexibility index (Phi) is 5.31. The molecule has 2 aromatic rings. The minimum atomic E-state index is -0.735. The summed E-state index contributed by atoms with van der Waals surface area (Å²) in [5.41, 5.74) is 7.39. The average molecular weight is 432 g/mol. The summed E-state index contributed by atoms with van der Waals surface area (Å²) in [4.78, 5) is 13.3. The van der Waals surface area contributed by atoms with Gasteiger partial charge in [0.25, 0.3) is 0 Å². The third-order valence-corrected chi connectivity index (χ3v) is 7.13. The molecule has 1 N–H and O–H groups in total. The van der Waals surface area contributed by atoms with Crippen LogP contribution >= 0.6 is 0 Å². The van der Waals surface area contributed by atoms with Crippen molar-refractivity contribution in [1.82, 2.24) is 4.58 Å². The Hall–Kier alpha value is -2.88. The molecular formula is C28H35N2O2+. The first kappa shape index (κ1) is 22.3. The molecule has 0 atom stereocenters. The third kappa shape index (κ3) is 3.66. The van der Waals surface area contributed by atoms with E-state index in [1.165, 1.54) is 44.1 Å². The van der Waals surface area contributed by atoms with Crippen LogP contribution in [-0.2, 0) is 10.2 Å². The number of anilines is 1. The minimum Gasteiger partial charge on any atom is -0.481 e. The molecule has 0 spiro atoms. The first-order valence-electron chi connectivity index (χ1n) is 11.5. The molecule has 0 fully saturated rings. The predicted molar refractivity (Wildman–Crippen MR) is 133 cm³/mol. The molecule has 32 heavy (non-hydrogen) atoms. The number of benzene rings is 2. The van der Waals surface area contributed by atoms with E-state index in [2.05, 4.69) is 101 Å². The maximum absolute atomic E-state index is 11.1. The molecule has 0 amide bonds. The molecule has 2 aromatic carbocycles. The summed E-state index contributed by atoms with van der Waals surface area (Å²) < 4.78 is 2.39. The van der Waals surface area contributed by atoms with Crippen molar-refractivity contribution in [2.45, 2.75) is 58.4 Å². The predicted octanol–water partition coefficient (Wildman–Crippen LogP) is 3.77. The fourth-order valence-corrected chi connectivity index (χ4v) is 5.40. The van der Waals surface area contributed by atoms with Crippen LogP contribution < -0.4 is 20.1 Å². The van der Waals surface area contributed by atoms with Crippen molar-refractivity contribution >= 4 is 23.3 Å². The number of hydrogen-bond acceptors (Lipinski definition) is 2. The van der Waals surface area contributed by atoms with Crippen molar-refractivity contribution < 1.29 is 9.90 Å². The average Bonchev–Trinajstić information content (AvgIpc) is 2.69. The smallest absolute Gasteiger partial charge is 0.303 e. The summed E-state index contributed by atoms with van der Waals surface area (Å²) in [6, 6.07) is 11.4. The van der Waals surface area contributed by atoms with Gasteiger partial charge in [0.05, 0.1) is 6.42 Å². The van der Waals surface area contributed by atoms with E-state index in [1.807, 2.05) is 0 Å². The van der Waals surface area contributed by atoms with Crippen molar-refractivity contribution in [2.24, 2.45) is 0 Å².